The van der Waals surface area contributed by atoms with Gasteiger partial charge in [0.1, 0.15) is 6.04 Å². The maximum Gasteiger partial charge on any atom is 0.326 e. The lowest BCUT2D eigenvalue weighted by atomic mass is 10.2. The molecule has 0 spiro atoms. The second-order valence-electron chi connectivity index (χ2n) is 2.85. The summed E-state index contributed by atoms with van der Waals surface area (Å²) >= 11 is 0. The minimum Gasteiger partial charge on any atom is -0.480 e. The molecule has 0 aromatic rings. The molecule has 5 heteroatoms. The van der Waals surface area contributed by atoms with E-state index in [9.17, 15) is 9.59 Å². The molecule has 0 unspecified atom stereocenters. The predicted molar refractivity (Wildman–Crippen MR) is 42.6 cm³/mol. The third-order valence-electron chi connectivity index (χ3n) is 1.95. The van der Waals surface area contributed by atoms with Crippen LogP contribution in [0.1, 0.15) is 6.42 Å². The minimum atomic E-state index is -1.14. The summed E-state index contributed by atoms with van der Waals surface area (Å²) in [6.07, 6.45) is 4.10. The first-order chi connectivity index (χ1) is 6.06. The average Bonchev–Trinajstić information content (AvgIpc) is 2.46. The lowest BCUT2D eigenvalue weighted by Gasteiger charge is -2.17. The van der Waals surface area contributed by atoms with Crippen molar-refractivity contribution in [3.63, 3.8) is 0 Å². The van der Waals surface area contributed by atoms with Gasteiger partial charge in [0.25, 0.3) is 5.91 Å². The summed E-state index contributed by atoms with van der Waals surface area (Å²) in [5.74, 6) is -0.00468. The first-order valence-corrected chi connectivity index (χ1v) is 3.74. The lowest BCUT2D eigenvalue weighted by Crippen LogP contribution is -2.39. The van der Waals surface area contributed by atoms with Gasteiger partial charge in [-0.15, -0.1) is 6.42 Å². The van der Waals surface area contributed by atoms with Crippen molar-refractivity contribution < 1.29 is 19.8 Å². The molecule has 2 N–H and O–H groups in total. The molecule has 0 aliphatic carbocycles. The van der Waals surface area contributed by atoms with Crippen molar-refractivity contribution in [2.24, 2.45) is 0 Å². The summed E-state index contributed by atoms with van der Waals surface area (Å²) in [6, 6.07) is -0.987. The van der Waals surface area contributed by atoms with E-state index in [1.54, 1.807) is 0 Å². The summed E-state index contributed by atoms with van der Waals surface area (Å²) in [6.45, 7) is 0.000000000000000222. The number of aliphatic carboxylic acids is 1. The van der Waals surface area contributed by atoms with Gasteiger partial charge in [0.05, 0.1) is 6.10 Å². The molecule has 1 amide bonds. The molecule has 0 aromatic carbocycles. The van der Waals surface area contributed by atoms with E-state index in [1.807, 2.05) is 5.92 Å². The Labute approximate surface area is 75.0 Å². The monoisotopic (exact) mass is 183 g/mol. The van der Waals surface area contributed by atoms with Crippen LogP contribution in [0.4, 0.5) is 0 Å². The lowest BCUT2D eigenvalue weighted by molar-refractivity contribution is -0.146. The van der Waals surface area contributed by atoms with Gasteiger partial charge in [-0.05, 0) is 5.92 Å². The van der Waals surface area contributed by atoms with Crippen LogP contribution in [-0.2, 0) is 9.59 Å². The molecule has 0 bridgehead atoms. The zero-order valence-corrected chi connectivity index (χ0v) is 6.80. The number of rotatable bonds is 1. The molecule has 1 fully saturated rings. The highest BCUT2D eigenvalue weighted by Gasteiger charge is 2.38. The molecule has 5 nitrogen and oxygen atoms in total. The van der Waals surface area contributed by atoms with E-state index in [2.05, 4.69) is 0 Å². The molecular weight excluding hydrogens is 174 g/mol. The summed E-state index contributed by atoms with van der Waals surface area (Å²) in [5, 5.41) is 17.8. The number of carbonyl (C=O) groups is 2. The van der Waals surface area contributed by atoms with Crippen molar-refractivity contribution in [2.75, 3.05) is 6.54 Å². The predicted octanol–water partition coefficient (Wildman–Crippen LogP) is -1.33. The number of aliphatic hydroxyl groups excluding tert-OH is 1. The summed E-state index contributed by atoms with van der Waals surface area (Å²) in [7, 11) is 0. The second-order valence-corrected chi connectivity index (χ2v) is 2.85. The van der Waals surface area contributed by atoms with Gasteiger partial charge in [-0.25, -0.2) is 4.79 Å². The van der Waals surface area contributed by atoms with Gasteiger partial charge in [0, 0.05) is 13.0 Å². The van der Waals surface area contributed by atoms with E-state index in [-0.39, 0.29) is 13.0 Å². The fraction of sp³-hybridized carbons (Fsp3) is 0.500. The molecule has 1 saturated heterocycles. The topological polar surface area (TPSA) is 77.8 Å². The third kappa shape index (κ3) is 1.79. The van der Waals surface area contributed by atoms with Gasteiger partial charge >= 0.3 is 5.97 Å². The average molecular weight is 183 g/mol. The van der Waals surface area contributed by atoms with Crippen molar-refractivity contribution >= 4 is 11.9 Å². The van der Waals surface area contributed by atoms with Crippen LogP contribution in [-0.4, -0.2) is 45.7 Å². The van der Waals surface area contributed by atoms with Crippen LogP contribution in [0.25, 0.3) is 0 Å². The standard InChI is InChI=1S/C8H9NO4/c1-2-7(11)9-4-5(10)3-6(9)8(12)13/h1,5-6,10H,3-4H2,(H,12,13)/t5-,6-/m0/s1. The number of hydrogen-bond acceptors (Lipinski definition) is 3. The van der Waals surface area contributed by atoms with Crippen LogP contribution in [0.15, 0.2) is 0 Å². The largest absolute Gasteiger partial charge is 0.480 e. The van der Waals surface area contributed by atoms with E-state index in [1.165, 1.54) is 0 Å². The van der Waals surface area contributed by atoms with Gasteiger partial charge in [-0.3, -0.25) is 4.79 Å². The van der Waals surface area contributed by atoms with E-state index < -0.39 is 24.0 Å². The number of carboxylic acid groups (broad SMARTS) is 1. The molecule has 1 rings (SSSR count). The SMILES string of the molecule is C#CC(=O)N1C[C@@H](O)C[C@H]1C(=O)O. The fourth-order valence-corrected chi connectivity index (χ4v) is 1.36. The van der Waals surface area contributed by atoms with Crippen molar-refractivity contribution in [1.82, 2.24) is 4.90 Å². The van der Waals surface area contributed by atoms with Crippen LogP contribution < -0.4 is 0 Å². The Morgan fingerprint density at radius 1 is 1.54 bits per heavy atom. The van der Waals surface area contributed by atoms with Crippen LogP contribution in [0.5, 0.6) is 0 Å². The highest BCUT2D eigenvalue weighted by molar-refractivity contribution is 5.96. The molecule has 13 heavy (non-hydrogen) atoms. The Balaban J connectivity index is 2.79. The van der Waals surface area contributed by atoms with Gasteiger partial charge in [-0.2, -0.15) is 0 Å². The third-order valence-corrected chi connectivity index (χ3v) is 1.95. The van der Waals surface area contributed by atoms with E-state index in [0.717, 1.165) is 4.90 Å². The Bertz CT molecular complexity index is 280. The molecule has 1 heterocycles. The zero-order chi connectivity index (χ0) is 10.0. The van der Waals surface area contributed by atoms with Crippen molar-refractivity contribution in [3.8, 4) is 12.3 Å². The van der Waals surface area contributed by atoms with Gasteiger partial charge in [0.15, 0.2) is 0 Å². The Morgan fingerprint density at radius 2 is 2.15 bits per heavy atom. The number of terminal acetylenes is 1. The number of β-amino-alcohol motifs (C(OH)–C–C–N with tert-alkyl or cyclic N) is 1. The fourth-order valence-electron chi connectivity index (χ4n) is 1.36. The van der Waals surface area contributed by atoms with Gasteiger partial charge < -0.3 is 15.1 Å². The van der Waals surface area contributed by atoms with Crippen molar-refractivity contribution in [1.29, 1.82) is 0 Å². The Kier molecular flexibility index (Phi) is 2.54. The van der Waals surface area contributed by atoms with Crippen molar-refractivity contribution in [2.45, 2.75) is 18.6 Å². The summed E-state index contributed by atoms with van der Waals surface area (Å²) in [5.41, 5.74) is 0. The molecular formula is C8H9NO4. The van der Waals surface area contributed by atoms with Crippen LogP contribution >= 0.6 is 0 Å². The molecule has 1 aliphatic heterocycles. The van der Waals surface area contributed by atoms with E-state index >= 15 is 0 Å². The molecule has 0 radical (unpaired) electrons. The van der Waals surface area contributed by atoms with Crippen LogP contribution in [0.2, 0.25) is 0 Å². The number of likely N-dealkylation sites (tertiary alicyclic amines) is 1. The van der Waals surface area contributed by atoms with Crippen LogP contribution in [0, 0.1) is 12.3 Å². The normalized spacial score (nSPS) is 26.9. The second kappa shape index (κ2) is 3.46. The number of carboxylic acids is 1. The summed E-state index contributed by atoms with van der Waals surface area (Å²) in [4.78, 5) is 22.6. The van der Waals surface area contributed by atoms with Crippen LogP contribution in [0.3, 0.4) is 0 Å². The Morgan fingerprint density at radius 3 is 2.62 bits per heavy atom. The maximum atomic E-state index is 11.0. The van der Waals surface area contributed by atoms with Crippen molar-refractivity contribution in [3.05, 3.63) is 0 Å². The smallest absolute Gasteiger partial charge is 0.326 e. The first kappa shape index (κ1) is 9.55. The molecule has 2 atom stereocenters. The molecule has 1 aliphatic rings. The van der Waals surface area contributed by atoms with Gasteiger partial charge in [0.2, 0.25) is 0 Å². The number of aliphatic hydroxyl groups is 1. The maximum absolute atomic E-state index is 11.0. The van der Waals surface area contributed by atoms with Gasteiger partial charge in [-0.1, -0.05) is 0 Å². The number of amides is 1. The quantitative estimate of drug-likeness (QED) is 0.493. The number of nitrogens with zero attached hydrogens (tertiary/aromatic N) is 1. The molecule has 0 aromatic heterocycles. The Hall–Kier alpha value is -1.54. The van der Waals surface area contributed by atoms with E-state index in [0.29, 0.717) is 0 Å². The first-order valence-electron chi connectivity index (χ1n) is 3.74. The summed E-state index contributed by atoms with van der Waals surface area (Å²) < 4.78 is 0. The number of hydrogen-bond donors (Lipinski definition) is 2. The highest BCUT2D eigenvalue weighted by atomic mass is 16.4. The highest BCUT2D eigenvalue weighted by Crippen LogP contribution is 2.17. The zero-order valence-electron chi connectivity index (χ0n) is 6.80. The molecule has 70 valence electrons. The minimum absolute atomic E-state index is 0.000000000000000222. The number of carbonyl (C=O) groups excluding carboxylic acids is 1. The molecule has 0 saturated carbocycles. The van der Waals surface area contributed by atoms with E-state index in [4.69, 9.17) is 16.6 Å².